The second-order valence-electron chi connectivity index (χ2n) is 5.54. The maximum absolute atomic E-state index is 12.6. The van der Waals surface area contributed by atoms with Crippen LogP contribution < -0.4 is 5.32 Å². The lowest BCUT2D eigenvalue weighted by molar-refractivity contribution is -0.144. The van der Waals surface area contributed by atoms with Crippen LogP contribution in [0, 0.1) is 0 Å². The van der Waals surface area contributed by atoms with Crippen molar-refractivity contribution in [2.24, 2.45) is 0 Å². The van der Waals surface area contributed by atoms with Gasteiger partial charge in [-0.2, -0.15) is 0 Å². The Morgan fingerprint density at radius 3 is 2.48 bits per heavy atom. The van der Waals surface area contributed by atoms with E-state index in [1.165, 1.54) is 0 Å². The third-order valence-electron chi connectivity index (χ3n) is 3.78. The highest BCUT2D eigenvalue weighted by Crippen LogP contribution is 2.15. The molecule has 1 saturated heterocycles. The summed E-state index contributed by atoms with van der Waals surface area (Å²) in [5.41, 5.74) is 1.82. The maximum Gasteiger partial charge on any atom is 0.246 e. The van der Waals surface area contributed by atoms with E-state index in [0.717, 1.165) is 11.1 Å². The highest BCUT2D eigenvalue weighted by atomic mass is 16.3. The molecule has 6 nitrogen and oxygen atoms in total. The Morgan fingerprint density at radius 1 is 1.09 bits per heavy atom. The van der Waals surface area contributed by atoms with Crippen LogP contribution in [0.1, 0.15) is 11.1 Å². The molecule has 1 aliphatic heterocycles. The number of phenols is 1. The Hall–Kier alpha value is -2.89. The predicted octanol–water partition coefficient (Wildman–Crippen LogP) is 0.857. The molecule has 0 saturated carbocycles. The van der Waals surface area contributed by atoms with Crippen LogP contribution >= 0.6 is 0 Å². The Labute approximate surface area is 133 Å². The lowest BCUT2D eigenvalue weighted by Gasteiger charge is -2.32. The lowest BCUT2D eigenvalue weighted by atomic mass is 10.0. The summed E-state index contributed by atoms with van der Waals surface area (Å²) < 4.78 is 0. The van der Waals surface area contributed by atoms with Crippen LogP contribution in [0.3, 0.4) is 0 Å². The van der Waals surface area contributed by atoms with E-state index < -0.39 is 6.04 Å². The van der Waals surface area contributed by atoms with E-state index in [0.29, 0.717) is 13.0 Å². The number of aromatic hydroxyl groups is 1. The zero-order valence-electron chi connectivity index (χ0n) is 12.5. The van der Waals surface area contributed by atoms with Crippen LogP contribution in [0.25, 0.3) is 0 Å². The molecule has 0 spiro atoms. The van der Waals surface area contributed by atoms with Gasteiger partial charge in [-0.15, -0.1) is 0 Å². The minimum absolute atomic E-state index is 0.0627. The van der Waals surface area contributed by atoms with Crippen molar-refractivity contribution < 1.29 is 14.7 Å². The molecular weight excluding hydrogens is 294 g/mol. The van der Waals surface area contributed by atoms with Gasteiger partial charge < -0.3 is 15.3 Å². The number of rotatable bonds is 4. The maximum atomic E-state index is 12.6. The first-order valence-corrected chi connectivity index (χ1v) is 7.37. The molecule has 0 aliphatic carbocycles. The third-order valence-corrected chi connectivity index (χ3v) is 3.78. The SMILES string of the molecule is O=C1CN(Cc2ccncc2)C(=O)[C@H](Cc2ccc(O)cc2)N1. The zero-order chi connectivity index (χ0) is 16.2. The number of hydrogen-bond acceptors (Lipinski definition) is 4. The van der Waals surface area contributed by atoms with Crippen LogP contribution in [0.15, 0.2) is 48.8 Å². The first-order chi connectivity index (χ1) is 11.1. The molecule has 1 atom stereocenters. The van der Waals surface area contributed by atoms with Gasteiger partial charge in [0.15, 0.2) is 0 Å². The van der Waals surface area contributed by atoms with Crippen molar-refractivity contribution in [3.05, 3.63) is 59.9 Å². The first-order valence-electron chi connectivity index (χ1n) is 7.37. The van der Waals surface area contributed by atoms with Crippen LogP contribution in [-0.4, -0.2) is 39.4 Å². The molecule has 2 aromatic rings. The van der Waals surface area contributed by atoms with Crippen molar-refractivity contribution >= 4 is 11.8 Å². The van der Waals surface area contributed by atoms with Crippen LogP contribution in [0.4, 0.5) is 0 Å². The molecular formula is C17H17N3O3. The molecule has 118 valence electrons. The fourth-order valence-corrected chi connectivity index (χ4v) is 2.62. The van der Waals surface area contributed by atoms with Crippen molar-refractivity contribution in [2.75, 3.05) is 6.54 Å². The number of amides is 2. The standard InChI is InChI=1S/C17H17N3O3/c21-14-3-1-12(2-4-14)9-15-17(23)20(11-16(22)19-15)10-13-5-7-18-8-6-13/h1-8,15,21H,9-11H2,(H,19,22)/t15-/m0/s1. The van der Waals surface area contributed by atoms with E-state index in [9.17, 15) is 14.7 Å². The molecule has 2 N–H and O–H groups in total. The Balaban J connectivity index is 1.72. The van der Waals surface area contributed by atoms with Gasteiger partial charge in [0.05, 0.1) is 6.54 Å². The fraction of sp³-hybridized carbons (Fsp3) is 0.235. The quantitative estimate of drug-likeness (QED) is 0.877. The van der Waals surface area contributed by atoms with E-state index in [2.05, 4.69) is 10.3 Å². The molecule has 0 radical (unpaired) electrons. The normalized spacial score (nSPS) is 17.9. The highest BCUT2D eigenvalue weighted by molar-refractivity contribution is 5.95. The van der Waals surface area contributed by atoms with Gasteiger partial charge in [-0.25, -0.2) is 0 Å². The van der Waals surface area contributed by atoms with Gasteiger partial charge in [-0.1, -0.05) is 12.1 Å². The molecule has 23 heavy (non-hydrogen) atoms. The zero-order valence-corrected chi connectivity index (χ0v) is 12.5. The van der Waals surface area contributed by atoms with Gasteiger partial charge in [-0.3, -0.25) is 14.6 Å². The molecule has 3 rings (SSSR count). The Kier molecular flexibility index (Phi) is 4.23. The summed E-state index contributed by atoms with van der Waals surface area (Å²) in [4.78, 5) is 30.0. The van der Waals surface area contributed by atoms with E-state index in [1.54, 1.807) is 41.6 Å². The summed E-state index contributed by atoms with van der Waals surface area (Å²) in [6.45, 7) is 0.452. The van der Waals surface area contributed by atoms with Gasteiger partial charge in [-0.05, 0) is 35.4 Å². The Bertz CT molecular complexity index is 701. The minimum atomic E-state index is -0.581. The second kappa shape index (κ2) is 6.48. The average Bonchev–Trinajstić information content (AvgIpc) is 2.55. The van der Waals surface area contributed by atoms with Crippen molar-refractivity contribution in [3.8, 4) is 5.75 Å². The smallest absolute Gasteiger partial charge is 0.246 e. The van der Waals surface area contributed by atoms with Crippen LogP contribution in [-0.2, 0) is 22.6 Å². The molecule has 1 fully saturated rings. The van der Waals surface area contributed by atoms with E-state index >= 15 is 0 Å². The van der Waals surface area contributed by atoms with Gasteiger partial charge >= 0.3 is 0 Å². The number of phenolic OH excluding ortho intramolecular Hbond substituents is 1. The number of nitrogens with one attached hydrogen (secondary N) is 1. The van der Waals surface area contributed by atoms with E-state index in [1.807, 2.05) is 12.1 Å². The number of aromatic nitrogens is 1. The van der Waals surface area contributed by atoms with Gasteiger partial charge in [0.25, 0.3) is 0 Å². The van der Waals surface area contributed by atoms with Crippen LogP contribution in [0.2, 0.25) is 0 Å². The number of carbonyl (C=O) groups is 2. The Morgan fingerprint density at radius 2 is 1.78 bits per heavy atom. The molecule has 2 amide bonds. The molecule has 1 aliphatic rings. The number of carbonyl (C=O) groups excluding carboxylic acids is 2. The summed E-state index contributed by atoms with van der Waals surface area (Å²) in [5, 5.41) is 12.1. The number of pyridine rings is 1. The summed E-state index contributed by atoms with van der Waals surface area (Å²) in [6.07, 6.45) is 3.73. The topological polar surface area (TPSA) is 82.5 Å². The minimum Gasteiger partial charge on any atom is -0.508 e. The molecule has 0 bridgehead atoms. The molecule has 1 aromatic carbocycles. The molecule has 2 heterocycles. The molecule has 1 aromatic heterocycles. The number of piperazine rings is 1. The largest absolute Gasteiger partial charge is 0.508 e. The van der Waals surface area contributed by atoms with Crippen molar-refractivity contribution in [1.82, 2.24) is 15.2 Å². The van der Waals surface area contributed by atoms with Crippen LogP contribution in [0.5, 0.6) is 5.75 Å². The van der Waals surface area contributed by atoms with Gasteiger partial charge in [0.1, 0.15) is 11.8 Å². The van der Waals surface area contributed by atoms with E-state index in [-0.39, 0.29) is 24.1 Å². The van der Waals surface area contributed by atoms with Crippen molar-refractivity contribution in [3.63, 3.8) is 0 Å². The summed E-state index contributed by atoms with van der Waals surface area (Å²) in [7, 11) is 0. The monoisotopic (exact) mass is 311 g/mol. The number of hydrogen-bond donors (Lipinski definition) is 2. The number of nitrogens with zero attached hydrogens (tertiary/aromatic N) is 2. The fourth-order valence-electron chi connectivity index (χ4n) is 2.62. The molecule has 0 unspecified atom stereocenters. The van der Waals surface area contributed by atoms with Gasteiger partial charge in [0, 0.05) is 25.4 Å². The molecule has 6 heteroatoms. The summed E-state index contributed by atoms with van der Waals surface area (Å²) in [6, 6.07) is 9.71. The van der Waals surface area contributed by atoms with Crippen molar-refractivity contribution in [2.45, 2.75) is 19.0 Å². The summed E-state index contributed by atoms with van der Waals surface area (Å²) >= 11 is 0. The van der Waals surface area contributed by atoms with E-state index in [4.69, 9.17) is 0 Å². The summed E-state index contributed by atoms with van der Waals surface area (Å²) in [5.74, 6) is -0.0935. The lowest BCUT2D eigenvalue weighted by Crippen LogP contribution is -2.58. The number of benzene rings is 1. The second-order valence-corrected chi connectivity index (χ2v) is 5.54. The average molecular weight is 311 g/mol. The van der Waals surface area contributed by atoms with Crippen molar-refractivity contribution in [1.29, 1.82) is 0 Å². The van der Waals surface area contributed by atoms with Gasteiger partial charge in [0.2, 0.25) is 11.8 Å². The first kappa shape index (κ1) is 15.0. The highest BCUT2D eigenvalue weighted by Gasteiger charge is 2.32. The third kappa shape index (κ3) is 3.66. The predicted molar refractivity (Wildman–Crippen MR) is 83.4 cm³/mol.